The smallest absolute Gasteiger partial charge is 0.335 e. The van der Waals surface area contributed by atoms with E-state index in [1.807, 2.05) is 0 Å². The lowest BCUT2D eigenvalue weighted by molar-refractivity contribution is 0.0696. The summed E-state index contributed by atoms with van der Waals surface area (Å²) in [5.74, 6) is -1.39. The van der Waals surface area contributed by atoms with Crippen molar-refractivity contribution in [2.75, 3.05) is 19.6 Å². The van der Waals surface area contributed by atoms with Crippen LogP contribution in [0.5, 0.6) is 0 Å². The fourth-order valence-corrected chi connectivity index (χ4v) is 2.72. The first kappa shape index (κ1) is 15.9. The lowest BCUT2D eigenvalue weighted by atomic mass is 10.1. The van der Waals surface area contributed by atoms with Crippen LogP contribution < -0.4 is 5.32 Å². The number of aromatic carboxylic acids is 1. The summed E-state index contributed by atoms with van der Waals surface area (Å²) >= 11 is 0. The van der Waals surface area contributed by atoms with E-state index in [0.29, 0.717) is 12.1 Å². The van der Waals surface area contributed by atoms with Gasteiger partial charge < -0.3 is 15.3 Å². The number of benzene rings is 1. The van der Waals surface area contributed by atoms with E-state index in [2.05, 4.69) is 17.1 Å². The average molecular weight is 294 g/mol. The number of hydrogen-bond donors (Lipinski definition) is 2. The van der Waals surface area contributed by atoms with Gasteiger partial charge in [-0.15, -0.1) is 0 Å². The van der Waals surface area contributed by atoms with E-state index in [1.54, 1.807) is 0 Å². The molecule has 116 valence electrons. The van der Waals surface area contributed by atoms with Crippen LogP contribution in [0, 0.1) is 5.82 Å². The fourth-order valence-electron chi connectivity index (χ4n) is 2.72. The number of halogens is 1. The number of carbonyl (C=O) groups is 1. The Kier molecular flexibility index (Phi) is 5.70. The quantitative estimate of drug-likeness (QED) is 0.846. The Bertz CT molecular complexity index is 487. The van der Waals surface area contributed by atoms with E-state index in [4.69, 9.17) is 5.11 Å². The molecule has 4 nitrogen and oxygen atoms in total. The molecule has 0 radical (unpaired) electrons. The molecule has 0 aromatic heterocycles. The third kappa shape index (κ3) is 4.79. The molecule has 1 saturated heterocycles. The van der Waals surface area contributed by atoms with Gasteiger partial charge in [0.2, 0.25) is 0 Å². The highest BCUT2D eigenvalue weighted by atomic mass is 19.1. The molecule has 1 aliphatic rings. The van der Waals surface area contributed by atoms with Gasteiger partial charge in [0.05, 0.1) is 5.56 Å². The van der Waals surface area contributed by atoms with Crippen molar-refractivity contribution in [2.24, 2.45) is 0 Å². The molecule has 1 aliphatic heterocycles. The van der Waals surface area contributed by atoms with Crippen LogP contribution in [-0.4, -0.2) is 41.7 Å². The van der Waals surface area contributed by atoms with Crippen molar-refractivity contribution < 1.29 is 14.3 Å². The molecule has 0 bridgehead atoms. The maximum atomic E-state index is 13.7. The Morgan fingerprint density at radius 1 is 1.38 bits per heavy atom. The number of rotatable bonds is 6. The molecule has 1 aromatic carbocycles. The number of carboxylic acids is 1. The molecule has 0 saturated carbocycles. The average Bonchev–Trinajstić information content (AvgIpc) is 2.47. The molecule has 2 N–H and O–H groups in total. The van der Waals surface area contributed by atoms with Gasteiger partial charge in [0.15, 0.2) is 0 Å². The first-order valence-electron chi connectivity index (χ1n) is 7.53. The van der Waals surface area contributed by atoms with Gasteiger partial charge >= 0.3 is 5.97 Å². The number of carboxylic acid groups (broad SMARTS) is 1. The Morgan fingerprint density at radius 2 is 2.10 bits per heavy atom. The van der Waals surface area contributed by atoms with E-state index in [0.717, 1.165) is 19.6 Å². The van der Waals surface area contributed by atoms with Crippen molar-refractivity contribution in [1.82, 2.24) is 10.2 Å². The summed E-state index contributed by atoms with van der Waals surface area (Å²) in [6, 6.07) is 4.16. The molecular weight excluding hydrogens is 271 g/mol. The maximum Gasteiger partial charge on any atom is 0.335 e. The van der Waals surface area contributed by atoms with E-state index < -0.39 is 5.97 Å². The molecule has 0 aliphatic carbocycles. The first-order valence-corrected chi connectivity index (χ1v) is 7.53. The van der Waals surface area contributed by atoms with Crippen LogP contribution in [0.1, 0.15) is 42.1 Å². The van der Waals surface area contributed by atoms with Gasteiger partial charge in [0.1, 0.15) is 5.82 Å². The Hall–Kier alpha value is -1.46. The topological polar surface area (TPSA) is 52.6 Å². The molecule has 5 heteroatoms. The fraction of sp³-hybridized carbons (Fsp3) is 0.562. The molecule has 1 heterocycles. The van der Waals surface area contributed by atoms with Gasteiger partial charge in [-0.05, 0) is 51.1 Å². The van der Waals surface area contributed by atoms with Gasteiger partial charge in [0, 0.05) is 24.7 Å². The highest BCUT2D eigenvalue weighted by molar-refractivity contribution is 5.87. The summed E-state index contributed by atoms with van der Waals surface area (Å²) in [5, 5.41) is 12.2. The molecule has 1 aromatic rings. The molecule has 1 fully saturated rings. The van der Waals surface area contributed by atoms with E-state index in [1.165, 1.54) is 37.5 Å². The minimum absolute atomic E-state index is 0.122. The van der Waals surface area contributed by atoms with E-state index in [9.17, 15) is 9.18 Å². The number of nitrogens with zero attached hydrogens (tertiary/aromatic N) is 1. The van der Waals surface area contributed by atoms with Crippen molar-refractivity contribution in [3.05, 3.63) is 35.1 Å². The van der Waals surface area contributed by atoms with Gasteiger partial charge in [-0.2, -0.15) is 0 Å². The zero-order chi connectivity index (χ0) is 15.2. The number of nitrogens with one attached hydrogen (secondary N) is 1. The van der Waals surface area contributed by atoms with Crippen LogP contribution >= 0.6 is 0 Å². The monoisotopic (exact) mass is 294 g/mol. The predicted molar refractivity (Wildman–Crippen MR) is 80.0 cm³/mol. The zero-order valence-electron chi connectivity index (χ0n) is 12.4. The SMILES string of the molecule is CC(CN1CCCCC1)NCc1cc(C(=O)O)ccc1F. The largest absolute Gasteiger partial charge is 0.478 e. The van der Waals surface area contributed by atoms with Crippen LogP contribution in [0.3, 0.4) is 0 Å². The Morgan fingerprint density at radius 3 is 2.76 bits per heavy atom. The van der Waals surface area contributed by atoms with Gasteiger partial charge in [-0.25, -0.2) is 9.18 Å². The van der Waals surface area contributed by atoms with Crippen LogP contribution in [-0.2, 0) is 6.54 Å². The summed E-state index contributed by atoms with van der Waals surface area (Å²) in [5.41, 5.74) is 0.525. The summed E-state index contributed by atoms with van der Waals surface area (Å²) in [6.07, 6.45) is 3.81. The molecule has 0 spiro atoms. The second-order valence-corrected chi connectivity index (χ2v) is 5.75. The molecule has 0 amide bonds. The second-order valence-electron chi connectivity index (χ2n) is 5.75. The second kappa shape index (κ2) is 7.52. The van der Waals surface area contributed by atoms with Crippen LogP contribution in [0.15, 0.2) is 18.2 Å². The van der Waals surface area contributed by atoms with Crippen LogP contribution in [0.25, 0.3) is 0 Å². The predicted octanol–water partition coefficient (Wildman–Crippen LogP) is 2.49. The van der Waals surface area contributed by atoms with Crippen LogP contribution in [0.2, 0.25) is 0 Å². The van der Waals surface area contributed by atoms with Crippen molar-refractivity contribution >= 4 is 5.97 Å². The summed E-state index contributed by atoms with van der Waals surface area (Å²) in [6.45, 7) is 5.64. The van der Waals surface area contributed by atoms with Crippen molar-refractivity contribution in [3.8, 4) is 0 Å². The molecule has 21 heavy (non-hydrogen) atoms. The summed E-state index contributed by atoms with van der Waals surface area (Å²) in [7, 11) is 0. The highest BCUT2D eigenvalue weighted by Gasteiger charge is 2.14. The van der Waals surface area contributed by atoms with Gasteiger partial charge in [-0.1, -0.05) is 6.42 Å². The number of hydrogen-bond acceptors (Lipinski definition) is 3. The van der Waals surface area contributed by atoms with Crippen molar-refractivity contribution in [3.63, 3.8) is 0 Å². The van der Waals surface area contributed by atoms with Gasteiger partial charge in [-0.3, -0.25) is 0 Å². The van der Waals surface area contributed by atoms with Crippen molar-refractivity contribution in [2.45, 2.75) is 38.8 Å². The molecule has 2 rings (SSSR count). The van der Waals surface area contributed by atoms with Crippen molar-refractivity contribution in [1.29, 1.82) is 0 Å². The van der Waals surface area contributed by atoms with E-state index in [-0.39, 0.29) is 17.4 Å². The Balaban J connectivity index is 1.86. The zero-order valence-corrected chi connectivity index (χ0v) is 12.4. The molecule has 1 atom stereocenters. The van der Waals surface area contributed by atoms with Gasteiger partial charge in [0.25, 0.3) is 0 Å². The minimum atomic E-state index is -1.03. The summed E-state index contributed by atoms with van der Waals surface area (Å²) in [4.78, 5) is 13.3. The summed E-state index contributed by atoms with van der Waals surface area (Å²) < 4.78 is 13.7. The normalized spacial score (nSPS) is 17.6. The number of likely N-dealkylation sites (tertiary alicyclic amines) is 1. The van der Waals surface area contributed by atoms with E-state index >= 15 is 0 Å². The number of piperidine rings is 1. The molecular formula is C16H23FN2O2. The standard InChI is InChI=1S/C16H23FN2O2/c1-12(11-19-7-3-2-4-8-19)18-10-14-9-13(16(20)21)5-6-15(14)17/h5-6,9,12,18H,2-4,7-8,10-11H2,1H3,(H,20,21). The maximum absolute atomic E-state index is 13.7. The Labute approximate surface area is 125 Å². The minimum Gasteiger partial charge on any atom is -0.478 e. The van der Waals surface area contributed by atoms with Crippen LogP contribution in [0.4, 0.5) is 4.39 Å². The highest BCUT2D eigenvalue weighted by Crippen LogP contribution is 2.12. The lowest BCUT2D eigenvalue weighted by Crippen LogP contribution is -2.41. The lowest BCUT2D eigenvalue weighted by Gasteiger charge is -2.29. The molecule has 1 unspecified atom stereocenters. The first-order chi connectivity index (χ1) is 10.1. The third-order valence-electron chi connectivity index (χ3n) is 3.91. The third-order valence-corrected chi connectivity index (χ3v) is 3.91.